The molecule has 0 fully saturated rings. The number of para-hydroxylation sites is 1. The molecule has 0 unspecified atom stereocenters. The number of Topliss-reactive ketones (excluding diaryl/α,β-unsaturated/α-hetero) is 1. The summed E-state index contributed by atoms with van der Waals surface area (Å²) in [4.78, 5) is 35.9. The van der Waals surface area contributed by atoms with Gasteiger partial charge in [-0.25, -0.2) is 0 Å². The summed E-state index contributed by atoms with van der Waals surface area (Å²) in [5.74, 6) is -0.445. The van der Waals surface area contributed by atoms with Gasteiger partial charge < -0.3 is 9.47 Å². The number of ether oxygens (including phenoxy) is 2. The second-order valence-corrected chi connectivity index (χ2v) is 6.20. The van der Waals surface area contributed by atoms with Crippen molar-refractivity contribution in [3.63, 3.8) is 0 Å². The van der Waals surface area contributed by atoms with Crippen LogP contribution in [0, 0.1) is 10.1 Å². The van der Waals surface area contributed by atoms with Crippen LogP contribution in [0.4, 0.5) is 0 Å². The van der Waals surface area contributed by atoms with Crippen molar-refractivity contribution in [3.05, 3.63) is 81.5 Å². The lowest BCUT2D eigenvalue weighted by molar-refractivity contribution is -0.434. The number of hydrogen-bond donors (Lipinski definition) is 0. The maximum absolute atomic E-state index is 12.7. The second-order valence-electron chi connectivity index (χ2n) is 6.20. The van der Waals surface area contributed by atoms with E-state index in [4.69, 9.17) is 9.47 Å². The van der Waals surface area contributed by atoms with Crippen molar-refractivity contribution in [2.75, 3.05) is 6.61 Å². The van der Waals surface area contributed by atoms with E-state index in [1.165, 1.54) is 0 Å². The maximum atomic E-state index is 12.7. The molecule has 0 spiro atoms. The lowest BCUT2D eigenvalue weighted by atomic mass is 9.91. The van der Waals surface area contributed by atoms with Crippen LogP contribution in [0.1, 0.15) is 35.7 Å². The Morgan fingerprint density at radius 3 is 2.46 bits per heavy atom. The summed E-state index contributed by atoms with van der Waals surface area (Å²) < 4.78 is 10.6. The number of nitro groups is 1. The minimum Gasteiger partial charge on any atom is -0.478 e. The predicted octanol–water partition coefficient (Wildman–Crippen LogP) is 3.66. The summed E-state index contributed by atoms with van der Waals surface area (Å²) in [6.45, 7) is 1.82. The average Bonchev–Trinajstić information content (AvgIpc) is 2.68. The van der Waals surface area contributed by atoms with Gasteiger partial charge in [-0.3, -0.25) is 19.7 Å². The fourth-order valence-corrected chi connectivity index (χ4v) is 3.17. The highest BCUT2D eigenvalue weighted by molar-refractivity contribution is 6.03. The Hall–Kier alpha value is -3.48. The Kier molecular flexibility index (Phi) is 5.84. The van der Waals surface area contributed by atoms with Gasteiger partial charge in [-0.15, -0.1) is 0 Å². The topological polar surface area (TPSA) is 95.7 Å². The normalized spacial score (nSPS) is 15.4. The first-order valence-corrected chi connectivity index (χ1v) is 8.88. The zero-order valence-corrected chi connectivity index (χ0v) is 15.3. The quantitative estimate of drug-likeness (QED) is 0.314. The molecule has 0 saturated heterocycles. The van der Waals surface area contributed by atoms with Gasteiger partial charge in [0.1, 0.15) is 5.75 Å². The Bertz CT molecular complexity index is 935. The molecule has 0 amide bonds. The molecule has 1 aliphatic heterocycles. The van der Waals surface area contributed by atoms with Crippen LogP contribution in [0.2, 0.25) is 0 Å². The summed E-state index contributed by atoms with van der Waals surface area (Å²) in [5, 5.41) is 11.8. The highest BCUT2D eigenvalue weighted by Gasteiger charge is 2.39. The van der Waals surface area contributed by atoms with Gasteiger partial charge in [0.2, 0.25) is 0 Å². The predicted molar refractivity (Wildman–Crippen MR) is 101 cm³/mol. The Labute approximate surface area is 161 Å². The zero-order valence-electron chi connectivity index (χ0n) is 15.3. The number of fused-ring (bicyclic) bond motifs is 1. The summed E-state index contributed by atoms with van der Waals surface area (Å²) in [6.07, 6.45) is -1.59. The average molecular weight is 381 g/mol. The molecule has 0 saturated carbocycles. The van der Waals surface area contributed by atoms with E-state index < -0.39 is 17.0 Å². The van der Waals surface area contributed by atoms with Crippen LogP contribution in [-0.2, 0) is 9.53 Å². The summed E-state index contributed by atoms with van der Waals surface area (Å²) >= 11 is 0. The molecule has 144 valence electrons. The molecule has 0 radical (unpaired) electrons. The van der Waals surface area contributed by atoms with E-state index in [-0.39, 0.29) is 36.5 Å². The van der Waals surface area contributed by atoms with Crippen LogP contribution in [0.5, 0.6) is 5.75 Å². The molecule has 3 rings (SSSR count). The lowest BCUT2D eigenvalue weighted by Crippen LogP contribution is -2.32. The monoisotopic (exact) mass is 381 g/mol. The van der Waals surface area contributed by atoms with E-state index in [1.807, 2.05) is 0 Å². The van der Waals surface area contributed by atoms with Gasteiger partial charge in [-0.05, 0) is 13.0 Å². The molecule has 7 nitrogen and oxygen atoms in total. The van der Waals surface area contributed by atoms with E-state index >= 15 is 0 Å². The van der Waals surface area contributed by atoms with Gasteiger partial charge in [0.25, 0.3) is 5.70 Å². The van der Waals surface area contributed by atoms with Crippen molar-refractivity contribution >= 4 is 17.3 Å². The fraction of sp³-hybridized carbons (Fsp3) is 0.238. The second kappa shape index (κ2) is 8.47. The summed E-state index contributed by atoms with van der Waals surface area (Å²) in [7, 11) is 0. The van der Waals surface area contributed by atoms with Gasteiger partial charge in [-0.2, -0.15) is 0 Å². The van der Waals surface area contributed by atoms with Crippen LogP contribution in [-0.4, -0.2) is 29.4 Å². The number of carbonyl (C=O) groups excluding carboxylic acids is 2. The van der Waals surface area contributed by atoms with Crippen LogP contribution in [0.15, 0.2) is 60.3 Å². The standard InChI is InChI=1S/C21H19NO6/c1-2-27-20(24)13-19-21(22(25)26)16(15-10-6-7-11-18(15)28-19)12-17(23)14-8-4-3-5-9-14/h3-11,19H,2,12-13H2,1H3/t19-/m0/s1. The fourth-order valence-electron chi connectivity index (χ4n) is 3.17. The van der Waals surface area contributed by atoms with E-state index in [9.17, 15) is 19.7 Å². The van der Waals surface area contributed by atoms with Crippen molar-refractivity contribution in [3.8, 4) is 5.75 Å². The smallest absolute Gasteiger partial charge is 0.310 e. The third-order valence-corrected chi connectivity index (χ3v) is 4.38. The van der Waals surface area contributed by atoms with E-state index in [2.05, 4.69) is 0 Å². The summed E-state index contributed by atoms with van der Waals surface area (Å²) in [5.41, 5.74) is 0.924. The first-order valence-electron chi connectivity index (χ1n) is 8.88. The first-order chi connectivity index (χ1) is 13.5. The Balaban J connectivity index is 2.04. The van der Waals surface area contributed by atoms with Crippen molar-refractivity contribution in [2.45, 2.75) is 25.9 Å². The third kappa shape index (κ3) is 4.09. The molecule has 0 aromatic heterocycles. The Morgan fingerprint density at radius 2 is 1.79 bits per heavy atom. The maximum Gasteiger partial charge on any atom is 0.310 e. The number of allylic oxidation sites excluding steroid dienone is 1. The SMILES string of the molecule is CCOC(=O)C[C@@H]1Oc2ccccc2C(CC(=O)c2ccccc2)=C1[N+](=O)[O-]. The van der Waals surface area contributed by atoms with Gasteiger partial charge in [-0.1, -0.05) is 48.5 Å². The minimum atomic E-state index is -1.12. The van der Waals surface area contributed by atoms with E-state index in [0.717, 1.165) is 0 Å². The van der Waals surface area contributed by atoms with Crippen molar-refractivity contribution in [1.82, 2.24) is 0 Å². The molecular weight excluding hydrogens is 362 g/mol. The van der Waals surface area contributed by atoms with Crippen molar-refractivity contribution in [1.29, 1.82) is 0 Å². The minimum absolute atomic E-state index is 0.166. The third-order valence-electron chi connectivity index (χ3n) is 4.38. The molecule has 1 heterocycles. The molecule has 2 aromatic rings. The van der Waals surface area contributed by atoms with Crippen molar-refractivity contribution in [2.24, 2.45) is 0 Å². The van der Waals surface area contributed by atoms with E-state index in [0.29, 0.717) is 16.9 Å². The molecule has 0 aliphatic carbocycles. The van der Waals surface area contributed by atoms with Gasteiger partial charge in [0.15, 0.2) is 11.9 Å². The zero-order chi connectivity index (χ0) is 20.1. The number of hydrogen-bond acceptors (Lipinski definition) is 6. The van der Waals surface area contributed by atoms with Crippen LogP contribution in [0.25, 0.3) is 5.57 Å². The Morgan fingerprint density at radius 1 is 1.11 bits per heavy atom. The molecular formula is C21H19NO6. The lowest BCUT2D eigenvalue weighted by Gasteiger charge is -2.25. The number of benzene rings is 2. The molecule has 1 aliphatic rings. The number of rotatable bonds is 7. The largest absolute Gasteiger partial charge is 0.478 e. The van der Waals surface area contributed by atoms with Gasteiger partial charge in [0.05, 0.1) is 18.0 Å². The highest BCUT2D eigenvalue weighted by atomic mass is 16.6. The summed E-state index contributed by atoms with van der Waals surface area (Å²) in [6, 6.07) is 15.4. The molecule has 7 heteroatoms. The van der Waals surface area contributed by atoms with Gasteiger partial charge in [0, 0.05) is 23.1 Å². The first kappa shape index (κ1) is 19.3. The van der Waals surface area contributed by atoms with Crippen LogP contribution < -0.4 is 4.74 Å². The van der Waals surface area contributed by atoms with Crippen molar-refractivity contribution < 1.29 is 24.0 Å². The van der Waals surface area contributed by atoms with Crippen LogP contribution >= 0.6 is 0 Å². The van der Waals surface area contributed by atoms with E-state index in [1.54, 1.807) is 61.5 Å². The number of carbonyl (C=O) groups is 2. The molecule has 1 atom stereocenters. The number of esters is 1. The number of nitrogens with zero attached hydrogens (tertiary/aromatic N) is 1. The van der Waals surface area contributed by atoms with Crippen LogP contribution in [0.3, 0.4) is 0 Å². The molecule has 2 aromatic carbocycles. The molecule has 0 N–H and O–H groups in total. The van der Waals surface area contributed by atoms with Gasteiger partial charge >= 0.3 is 5.97 Å². The molecule has 0 bridgehead atoms. The number of ketones is 1. The molecule has 28 heavy (non-hydrogen) atoms. The highest BCUT2D eigenvalue weighted by Crippen LogP contribution is 2.39.